The number of ether oxygens (including phenoxy) is 1. The Labute approximate surface area is 117 Å². The normalized spacial score (nSPS) is 11.8. The largest absolute Gasteiger partial charge is 0.481 e. The molecule has 19 heavy (non-hydrogen) atoms. The Morgan fingerprint density at radius 1 is 1.47 bits per heavy atom. The summed E-state index contributed by atoms with van der Waals surface area (Å²) < 4.78 is 5.56. The number of halogens is 1. The lowest BCUT2D eigenvalue weighted by Crippen LogP contribution is -2.42. The number of nitrogens with two attached hydrogens (primary N) is 1. The summed E-state index contributed by atoms with van der Waals surface area (Å²) >= 11 is 5.84. The van der Waals surface area contributed by atoms with Crippen LogP contribution in [0.15, 0.2) is 18.2 Å². The molecule has 0 aliphatic rings. The van der Waals surface area contributed by atoms with Gasteiger partial charge in [0, 0.05) is 12.1 Å². The average molecular weight is 285 g/mol. The molecule has 0 radical (unpaired) electrons. The SMILES string of the molecule is Cc1cc(Cl)ccc1OC(C)C(=O)N(C)CC(N)=O. The number of hydrogen-bond acceptors (Lipinski definition) is 3. The number of carbonyl (C=O) groups is 2. The van der Waals surface area contributed by atoms with Crippen LogP contribution in [-0.4, -0.2) is 36.4 Å². The molecule has 1 atom stereocenters. The van der Waals surface area contributed by atoms with Crippen molar-refractivity contribution in [2.45, 2.75) is 20.0 Å². The fourth-order valence-electron chi connectivity index (χ4n) is 1.61. The molecule has 1 aromatic carbocycles. The van der Waals surface area contributed by atoms with Crippen LogP contribution in [0.3, 0.4) is 0 Å². The van der Waals surface area contributed by atoms with Crippen LogP contribution in [0.5, 0.6) is 5.75 Å². The first-order valence-electron chi connectivity index (χ1n) is 5.77. The third kappa shape index (κ3) is 4.44. The Kier molecular flexibility index (Phi) is 5.18. The highest BCUT2D eigenvalue weighted by Crippen LogP contribution is 2.23. The molecule has 5 nitrogen and oxygen atoms in total. The van der Waals surface area contributed by atoms with Crippen LogP contribution in [-0.2, 0) is 9.59 Å². The van der Waals surface area contributed by atoms with Gasteiger partial charge in [0.1, 0.15) is 5.75 Å². The zero-order chi connectivity index (χ0) is 14.6. The number of primary amides is 1. The summed E-state index contributed by atoms with van der Waals surface area (Å²) in [5, 5.41) is 0.606. The lowest BCUT2D eigenvalue weighted by Gasteiger charge is -2.21. The highest BCUT2D eigenvalue weighted by Gasteiger charge is 2.20. The van der Waals surface area contributed by atoms with Crippen molar-refractivity contribution in [1.82, 2.24) is 4.90 Å². The predicted molar refractivity (Wildman–Crippen MR) is 73.1 cm³/mol. The molecule has 2 N–H and O–H groups in total. The van der Waals surface area contributed by atoms with Gasteiger partial charge in [-0.3, -0.25) is 9.59 Å². The van der Waals surface area contributed by atoms with E-state index in [1.165, 1.54) is 11.9 Å². The van der Waals surface area contributed by atoms with Crippen molar-refractivity contribution in [3.8, 4) is 5.75 Å². The van der Waals surface area contributed by atoms with Gasteiger partial charge in [-0.2, -0.15) is 0 Å². The van der Waals surface area contributed by atoms with Gasteiger partial charge in [0.05, 0.1) is 6.54 Å². The van der Waals surface area contributed by atoms with Gasteiger partial charge in [0.25, 0.3) is 5.91 Å². The third-order valence-corrected chi connectivity index (χ3v) is 2.79. The van der Waals surface area contributed by atoms with Crippen molar-refractivity contribution in [3.05, 3.63) is 28.8 Å². The van der Waals surface area contributed by atoms with E-state index in [4.69, 9.17) is 22.1 Å². The molecule has 0 fully saturated rings. The molecule has 0 aromatic heterocycles. The van der Waals surface area contributed by atoms with Crippen molar-refractivity contribution in [2.75, 3.05) is 13.6 Å². The van der Waals surface area contributed by atoms with E-state index in [1.54, 1.807) is 25.1 Å². The van der Waals surface area contributed by atoms with Crippen molar-refractivity contribution < 1.29 is 14.3 Å². The minimum absolute atomic E-state index is 0.133. The topological polar surface area (TPSA) is 72.6 Å². The summed E-state index contributed by atoms with van der Waals surface area (Å²) in [6.07, 6.45) is -0.704. The van der Waals surface area contributed by atoms with Crippen LogP contribution in [0.2, 0.25) is 5.02 Å². The maximum Gasteiger partial charge on any atom is 0.263 e. The maximum atomic E-state index is 11.9. The first kappa shape index (κ1) is 15.3. The zero-order valence-electron chi connectivity index (χ0n) is 11.1. The lowest BCUT2D eigenvalue weighted by molar-refractivity contribution is -0.139. The number of aryl methyl sites for hydroxylation is 1. The van der Waals surface area contributed by atoms with Crippen molar-refractivity contribution in [2.24, 2.45) is 5.73 Å². The van der Waals surface area contributed by atoms with Gasteiger partial charge in [-0.1, -0.05) is 11.6 Å². The molecule has 1 aromatic rings. The second-order valence-electron chi connectivity index (χ2n) is 4.33. The van der Waals surface area contributed by atoms with E-state index in [9.17, 15) is 9.59 Å². The number of rotatable bonds is 5. The van der Waals surface area contributed by atoms with Gasteiger partial charge >= 0.3 is 0 Å². The summed E-state index contributed by atoms with van der Waals surface area (Å²) in [6.45, 7) is 3.32. The van der Waals surface area contributed by atoms with Crippen LogP contribution < -0.4 is 10.5 Å². The monoisotopic (exact) mass is 284 g/mol. The molecule has 0 aliphatic carbocycles. The number of nitrogens with zero attached hydrogens (tertiary/aromatic N) is 1. The lowest BCUT2D eigenvalue weighted by atomic mass is 10.2. The fourth-order valence-corrected chi connectivity index (χ4v) is 1.83. The smallest absolute Gasteiger partial charge is 0.263 e. The Morgan fingerprint density at radius 3 is 2.63 bits per heavy atom. The summed E-state index contributed by atoms with van der Waals surface area (Å²) in [5.41, 5.74) is 5.87. The van der Waals surface area contributed by atoms with Crippen LogP contribution in [0.1, 0.15) is 12.5 Å². The van der Waals surface area contributed by atoms with E-state index >= 15 is 0 Å². The highest BCUT2D eigenvalue weighted by molar-refractivity contribution is 6.30. The van der Waals surface area contributed by atoms with Gasteiger partial charge in [-0.05, 0) is 37.6 Å². The van der Waals surface area contributed by atoms with E-state index in [-0.39, 0.29) is 12.5 Å². The summed E-state index contributed by atoms with van der Waals surface area (Å²) in [5.74, 6) is -0.295. The van der Waals surface area contributed by atoms with Crippen molar-refractivity contribution in [1.29, 1.82) is 0 Å². The minimum Gasteiger partial charge on any atom is -0.481 e. The molecule has 104 valence electrons. The molecule has 0 saturated heterocycles. The van der Waals surface area contributed by atoms with Crippen molar-refractivity contribution in [3.63, 3.8) is 0 Å². The molecule has 0 spiro atoms. The van der Waals surface area contributed by atoms with E-state index in [2.05, 4.69) is 0 Å². The average Bonchev–Trinajstić information content (AvgIpc) is 2.30. The summed E-state index contributed by atoms with van der Waals surface area (Å²) in [4.78, 5) is 23.9. The van der Waals surface area contributed by atoms with Gasteiger partial charge in [-0.15, -0.1) is 0 Å². The number of amides is 2. The second kappa shape index (κ2) is 6.43. The number of benzene rings is 1. The van der Waals surface area contributed by atoms with E-state index < -0.39 is 12.0 Å². The Hall–Kier alpha value is -1.75. The Morgan fingerprint density at radius 2 is 2.11 bits per heavy atom. The van der Waals surface area contributed by atoms with Crippen LogP contribution in [0.4, 0.5) is 0 Å². The molecule has 0 aliphatic heterocycles. The molecule has 1 unspecified atom stereocenters. The second-order valence-corrected chi connectivity index (χ2v) is 4.77. The van der Waals surface area contributed by atoms with Gasteiger partial charge in [-0.25, -0.2) is 0 Å². The molecular formula is C13H17ClN2O3. The Balaban J connectivity index is 2.70. The Bertz CT molecular complexity index is 491. The molecule has 6 heteroatoms. The van der Waals surface area contributed by atoms with Crippen LogP contribution >= 0.6 is 11.6 Å². The van der Waals surface area contributed by atoms with Crippen LogP contribution in [0, 0.1) is 6.92 Å². The highest BCUT2D eigenvalue weighted by atomic mass is 35.5. The minimum atomic E-state index is -0.704. The molecule has 0 bridgehead atoms. The zero-order valence-corrected chi connectivity index (χ0v) is 11.9. The fraction of sp³-hybridized carbons (Fsp3) is 0.385. The molecule has 2 amide bonds. The number of carbonyl (C=O) groups excluding carboxylic acids is 2. The van der Waals surface area contributed by atoms with Gasteiger partial charge < -0.3 is 15.4 Å². The predicted octanol–water partition coefficient (Wildman–Crippen LogP) is 1.36. The molecule has 1 rings (SSSR count). The van der Waals surface area contributed by atoms with Gasteiger partial charge in [0.2, 0.25) is 5.91 Å². The van der Waals surface area contributed by atoms with E-state index in [1.807, 2.05) is 6.92 Å². The first-order valence-corrected chi connectivity index (χ1v) is 6.15. The molecule has 0 saturated carbocycles. The van der Waals surface area contributed by atoms with Crippen molar-refractivity contribution >= 4 is 23.4 Å². The standard InChI is InChI=1S/C13H17ClN2O3/c1-8-6-10(14)4-5-11(8)19-9(2)13(18)16(3)7-12(15)17/h4-6,9H,7H2,1-3H3,(H2,15,17). The van der Waals surface area contributed by atoms with E-state index in [0.717, 1.165) is 5.56 Å². The van der Waals surface area contributed by atoms with E-state index in [0.29, 0.717) is 10.8 Å². The quantitative estimate of drug-likeness (QED) is 0.887. The van der Waals surface area contributed by atoms with Crippen LogP contribution in [0.25, 0.3) is 0 Å². The third-order valence-electron chi connectivity index (χ3n) is 2.56. The molecule has 0 heterocycles. The summed E-state index contributed by atoms with van der Waals surface area (Å²) in [7, 11) is 1.50. The number of hydrogen-bond donors (Lipinski definition) is 1. The maximum absolute atomic E-state index is 11.9. The van der Waals surface area contributed by atoms with Gasteiger partial charge in [0.15, 0.2) is 6.10 Å². The number of likely N-dealkylation sites (N-methyl/N-ethyl adjacent to an activating group) is 1. The molecular weight excluding hydrogens is 268 g/mol. The summed E-state index contributed by atoms with van der Waals surface area (Å²) in [6, 6.07) is 5.14. The first-order chi connectivity index (χ1) is 8.81.